The molecular weight excluding hydrogens is 333 g/mol. The summed E-state index contributed by atoms with van der Waals surface area (Å²) in [4.78, 5) is 16.8. The van der Waals surface area contributed by atoms with E-state index < -0.39 is 12.1 Å². The second kappa shape index (κ2) is 6.39. The van der Waals surface area contributed by atoms with E-state index in [-0.39, 0.29) is 55.5 Å². The minimum Gasteiger partial charge on any atom is -0.354 e. The van der Waals surface area contributed by atoms with Gasteiger partial charge in [-0.2, -0.15) is 0 Å². The van der Waals surface area contributed by atoms with Crippen molar-refractivity contribution in [2.45, 2.75) is 75.5 Å². The van der Waals surface area contributed by atoms with E-state index in [2.05, 4.69) is 27.4 Å². The van der Waals surface area contributed by atoms with Crippen molar-refractivity contribution in [3.63, 3.8) is 0 Å². The number of nitrogens with zero attached hydrogens (tertiary/aromatic N) is 2. The van der Waals surface area contributed by atoms with Crippen LogP contribution in [0.1, 0.15) is 39.0 Å². The first-order valence-electron chi connectivity index (χ1n) is 9.47. The van der Waals surface area contributed by atoms with Gasteiger partial charge in [0.05, 0.1) is 5.92 Å². The van der Waals surface area contributed by atoms with Gasteiger partial charge in [0.1, 0.15) is 12.5 Å². The van der Waals surface area contributed by atoms with Crippen molar-refractivity contribution in [2.24, 2.45) is 5.92 Å². The quantitative estimate of drug-likeness (QED) is 0.779. The third-order valence-electron chi connectivity index (χ3n) is 6.45. The van der Waals surface area contributed by atoms with Crippen LogP contribution in [-0.2, 0) is 4.79 Å². The van der Waals surface area contributed by atoms with Crippen LogP contribution in [0, 0.1) is 5.92 Å². The lowest BCUT2D eigenvalue weighted by Crippen LogP contribution is -2.59. The van der Waals surface area contributed by atoms with E-state index >= 15 is 0 Å². The van der Waals surface area contributed by atoms with Crippen LogP contribution in [0.15, 0.2) is 0 Å². The second-order valence-electron chi connectivity index (χ2n) is 7.96. The maximum absolute atomic E-state index is 14.2. The third kappa shape index (κ3) is 3.06. The van der Waals surface area contributed by atoms with Gasteiger partial charge in [-0.25, -0.2) is 13.2 Å². The molecule has 4 fully saturated rings. The van der Waals surface area contributed by atoms with Crippen molar-refractivity contribution in [2.75, 3.05) is 19.6 Å². The van der Waals surface area contributed by atoms with E-state index in [0.29, 0.717) is 26.1 Å². The van der Waals surface area contributed by atoms with Gasteiger partial charge in [0.15, 0.2) is 0 Å². The molecule has 6 atom stereocenters. The summed E-state index contributed by atoms with van der Waals surface area (Å²) in [5, 5.41) is 6.46. The topological polar surface area (TPSA) is 47.6 Å². The third-order valence-corrected chi connectivity index (χ3v) is 6.45. The Kier molecular flexibility index (Phi) is 4.48. The Bertz CT molecular complexity index is 524. The van der Waals surface area contributed by atoms with E-state index in [0.717, 1.165) is 6.42 Å². The molecule has 4 rings (SSSR count). The monoisotopic (exact) mass is 360 g/mol. The summed E-state index contributed by atoms with van der Waals surface area (Å²) in [5.74, 6) is -3.02. The summed E-state index contributed by atoms with van der Waals surface area (Å²) in [6.45, 7) is 3.26. The molecule has 0 radical (unpaired) electrons. The fourth-order valence-corrected chi connectivity index (χ4v) is 5.13. The van der Waals surface area contributed by atoms with E-state index in [1.807, 2.05) is 0 Å². The number of piperidine rings is 1. The first kappa shape index (κ1) is 17.5. The molecule has 142 valence electrons. The van der Waals surface area contributed by atoms with Gasteiger partial charge in [0.25, 0.3) is 5.92 Å². The standard InChI is InChI=1S/C17H27F3N4O/c1-2-11-9-21-15(25)12-7-10(18)8-13-14(12)24(11)16(22-13)23-5-3-17(19,20)4-6-23/h10-14,16,22H,2-9H2,1H3,(H,21,25)/t10?,11-,12?,13?,14?,16?/m1/s1. The first-order valence-corrected chi connectivity index (χ1v) is 9.47. The maximum Gasteiger partial charge on any atom is 0.250 e. The predicted molar refractivity (Wildman–Crippen MR) is 86.8 cm³/mol. The van der Waals surface area contributed by atoms with Gasteiger partial charge in [0, 0.05) is 50.6 Å². The van der Waals surface area contributed by atoms with Crippen molar-refractivity contribution in [3.05, 3.63) is 0 Å². The molecule has 1 amide bonds. The molecule has 1 aliphatic carbocycles. The van der Waals surface area contributed by atoms with E-state index in [4.69, 9.17) is 0 Å². The van der Waals surface area contributed by atoms with Crippen LogP contribution in [0.2, 0.25) is 0 Å². The van der Waals surface area contributed by atoms with Gasteiger partial charge in [-0.05, 0) is 19.3 Å². The van der Waals surface area contributed by atoms with Crippen molar-refractivity contribution in [1.82, 2.24) is 20.4 Å². The normalized spacial score (nSPS) is 44.9. The molecule has 3 aliphatic heterocycles. The zero-order valence-electron chi connectivity index (χ0n) is 14.6. The number of nitrogens with one attached hydrogen (secondary N) is 2. The van der Waals surface area contributed by atoms with Crippen LogP contribution in [-0.4, -0.2) is 71.9 Å². The zero-order chi connectivity index (χ0) is 17.8. The molecule has 25 heavy (non-hydrogen) atoms. The molecule has 1 saturated carbocycles. The smallest absolute Gasteiger partial charge is 0.250 e. The molecule has 0 aromatic rings. The summed E-state index contributed by atoms with van der Waals surface area (Å²) in [6, 6.07) is -0.00831. The number of rotatable bonds is 2. The molecule has 4 aliphatic rings. The highest BCUT2D eigenvalue weighted by Crippen LogP contribution is 2.40. The first-order chi connectivity index (χ1) is 11.9. The predicted octanol–water partition coefficient (Wildman–Crippen LogP) is 1.30. The van der Waals surface area contributed by atoms with Gasteiger partial charge in [-0.1, -0.05) is 6.92 Å². The van der Waals surface area contributed by atoms with Crippen LogP contribution in [0.5, 0.6) is 0 Å². The highest BCUT2D eigenvalue weighted by molar-refractivity contribution is 5.80. The van der Waals surface area contributed by atoms with Gasteiger partial charge in [-0.15, -0.1) is 0 Å². The summed E-state index contributed by atoms with van der Waals surface area (Å²) in [6.07, 6.45) is 0.0475. The van der Waals surface area contributed by atoms with Crippen LogP contribution in [0.4, 0.5) is 13.2 Å². The summed E-state index contributed by atoms with van der Waals surface area (Å²) in [5.41, 5.74) is 0. The Balaban J connectivity index is 1.62. The fraction of sp³-hybridized carbons (Fsp3) is 0.941. The Hall–Kier alpha value is -0.860. The lowest BCUT2D eigenvalue weighted by Gasteiger charge is -2.44. The molecule has 5 unspecified atom stereocenters. The zero-order valence-corrected chi connectivity index (χ0v) is 14.6. The molecule has 0 spiro atoms. The average Bonchev–Trinajstić information content (AvgIpc) is 2.86. The lowest BCUT2D eigenvalue weighted by molar-refractivity contribution is -0.128. The van der Waals surface area contributed by atoms with Crippen molar-refractivity contribution < 1.29 is 18.0 Å². The highest BCUT2D eigenvalue weighted by Gasteiger charge is 2.56. The molecule has 5 nitrogen and oxygen atoms in total. The molecular formula is C17H27F3N4O. The minimum atomic E-state index is -2.59. The Morgan fingerprint density at radius 2 is 1.96 bits per heavy atom. The van der Waals surface area contributed by atoms with Crippen LogP contribution in [0.3, 0.4) is 0 Å². The molecule has 2 N–H and O–H groups in total. The highest BCUT2D eigenvalue weighted by atomic mass is 19.3. The number of hydrogen-bond donors (Lipinski definition) is 2. The SMILES string of the molecule is CC[C@@H]1CNC(=O)C2CC(F)CC3NC(N4CCC(F)(F)CC4)N1C32. The number of alkyl halides is 3. The van der Waals surface area contributed by atoms with E-state index in [9.17, 15) is 18.0 Å². The number of likely N-dealkylation sites (tertiary alicyclic amines) is 1. The Morgan fingerprint density at radius 1 is 1.24 bits per heavy atom. The second-order valence-corrected chi connectivity index (χ2v) is 7.96. The molecule has 3 heterocycles. The van der Waals surface area contributed by atoms with Crippen LogP contribution in [0.25, 0.3) is 0 Å². The molecule has 0 aromatic carbocycles. The number of amides is 1. The number of halogens is 3. The maximum atomic E-state index is 14.2. The molecule has 3 saturated heterocycles. The number of carbonyl (C=O) groups is 1. The van der Waals surface area contributed by atoms with Crippen LogP contribution < -0.4 is 10.6 Å². The lowest BCUT2D eigenvalue weighted by atomic mass is 9.79. The summed E-state index contributed by atoms with van der Waals surface area (Å²) >= 11 is 0. The fourth-order valence-electron chi connectivity index (χ4n) is 5.13. The average molecular weight is 360 g/mol. The molecule has 8 heteroatoms. The van der Waals surface area contributed by atoms with Gasteiger partial charge in [-0.3, -0.25) is 19.9 Å². The number of hydrogen-bond acceptors (Lipinski definition) is 4. The van der Waals surface area contributed by atoms with E-state index in [1.54, 1.807) is 0 Å². The molecule has 0 aromatic heterocycles. The number of carbonyl (C=O) groups excluding carboxylic acids is 1. The van der Waals surface area contributed by atoms with Gasteiger partial charge >= 0.3 is 0 Å². The minimum absolute atomic E-state index is 0.0492. The largest absolute Gasteiger partial charge is 0.354 e. The van der Waals surface area contributed by atoms with Gasteiger partial charge < -0.3 is 5.32 Å². The molecule has 0 bridgehead atoms. The summed E-state index contributed by atoms with van der Waals surface area (Å²) in [7, 11) is 0. The van der Waals surface area contributed by atoms with E-state index in [1.165, 1.54) is 0 Å². The van der Waals surface area contributed by atoms with Gasteiger partial charge in [0.2, 0.25) is 5.91 Å². The van der Waals surface area contributed by atoms with Crippen molar-refractivity contribution in [1.29, 1.82) is 0 Å². The Labute approximate surface area is 146 Å². The summed E-state index contributed by atoms with van der Waals surface area (Å²) < 4.78 is 41.3. The van der Waals surface area contributed by atoms with Crippen LogP contribution >= 0.6 is 0 Å². The van der Waals surface area contributed by atoms with Crippen molar-refractivity contribution >= 4 is 5.91 Å². The Morgan fingerprint density at radius 3 is 2.64 bits per heavy atom. The van der Waals surface area contributed by atoms with Crippen molar-refractivity contribution in [3.8, 4) is 0 Å².